The minimum absolute atomic E-state index is 0.105. The molecule has 0 aliphatic rings. The summed E-state index contributed by atoms with van der Waals surface area (Å²) in [6.45, 7) is -0.0619. The number of methoxy groups -OCH3 is 1. The van der Waals surface area contributed by atoms with Gasteiger partial charge in [-0.1, -0.05) is 65.7 Å². The molecule has 35 heavy (non-hydrogen) atoms. The third-order valence-electron chi connectivity index (χ3n) is 4.72. The number of nitrogens with one attached hydrogen (secondary N) is 2. The van der Waals surface area contributed by atoms with Crippen molar-refractivity contribution in [1.29, 1.82) is 5.26 Å². The van der Waals surface area contributed by atoms with Crippen LogP contribution in [0.25, 0.3) is 6.08 Å². The smallest absolute Gasteiger partial charge is 0.262 e. The molecule has 178 valence electrons. The van der Waals surface area contributed by atoms with E-state index in [9.17, 15) is 14.9 Å². The first kappa shape index (κ1) is 25.6. The highest BCUT2D eigenvalue weighted by Crippen LogP contribution is 2.37. The predicted octanol–water partition coefficient (Wildman–Crippen LogP) is 5.24. The van der Waals surface area contributed by atoms with E-state index in [1.165, 1.54) is 19.3 Å². The van der Waals surface area contributed by atoms with Gasteiger partial charge in [0.05, 0.1) is 22.8 Å². The number of ether oxygens (including phenoxy) is 2. The lowest BCUT2D eigenvalue weighted by atomic mass is 10.1. The van der Waals surface area contributed by atoms with Gasteiger partial charge >= 0.3 is 0 Å². The number of para-hydroxylation sites is 1. The molecular formula is C26H21Cl2N3O4. The quantitative estimate of drug-likeness (QED) is 0.303. The summed E-state index contributed by atoms with van der Waals surface area (Å²) in [5.74, 6) is -0.589. The Bertz CT molecular complexity index is 1290. The predicted molar refractivity (Wildman–Crippen MR) is 135 cm³/mol. The third-order valence-corrected chi connectivity index (χ3v) is 5.33. The van der Waals surface area contributed by atoms with Gasteiger partial charge in [0.2, 0.25) is 0 Å². The van der Waals surface area contributed by atoms with Crippen molar-refractivity contribution in [1.82, 2.24) is 5.32 Å². The molecule has 2 amide bonds. The fourth-order valence-electron chi connectivity index (χ4n) is 3.04. The zero-order valence-electron chi connectivity index (χ0n) is 18.7. The molecule has 3 aromatic carbocycles. The normalized spacial score (nSPS) is 10.7. The number of nitriles is 1. The second-order valence-corrected chi connectivity index (χ2v) is 8.00. The van der Waals surface area contributed by atoms with Gasteiger partial charge in [0.1, 0.15) is 11.6 Å². The molecule has 0 fully saturated rings. The number of anilines is 1. The molecule has 2 N–H and O–H groups in total. The SMILES string of the molecule is COc1cc(/C=C(\C#N)C(=O)NCc2ccccc2)cc(Cl)c1OCC(=O)Nc1ccccc1Cl. The highest BCUT2D eigenvalue weighted by Gasteiger charge is 2.16. The van der Waals surface area contributed by atoms with Crippen LogP contribution in [-0.4, -0.2) is 25.5 Å². The monoisotopic (exact) mass is 509 g/mol. The molecule has 9 heteroatoms. The number of rotatable bonds is 9. The van der Waals surface area contributed by atoms with Crippen molar-refractivity contribution in [2.24, 2.45) is 0 Å². The molecule has 0 aliphatic heterocycles. The van der Waals surface area contributed by atoms with E-state index in [-0.39, 0.29) is 35.2 Å². The van der Waals surface area contributed by atoms with Crippen LogP contribution in [0.15, 0.2) is 72.3 Å². The van der Waals surface area contributed by atoms with Crippen LogP contribution in [0.4, 0.5) is 5.69 Å². The second kappa shape index (κ2) is 12.5. The van der Waals surface area contributed by atoms with Crippen LogP contribution in [0.5, 0.6) is 11.5 Å². The maximum Gasteiger partial charge on any atom is 0.262 e. The Kier molecular flexibility index (Phi) is 9.13. The van der Waals surface area contributed by atoms with Gasteiger partial charge < -0.3 is 20.1 Å². The fourth-order valence-corrected chi connectivity index (χ4v) is 3.50. The van der Waals surface area contributed by atoms with E-state index in [1.807, 2.05) is 36.4 Å². The first-order valence-corrected chi connectivity index (χ1v) is 11.2. The zero-order valence-corrected chi connectivity index (χ0v) is 20.2. The molecule has 0 heterocycles. The Morgan fingerprint density at radius 2 is 1.74 bits per heavy atom. The number of halogens is 2. The van der Waals surface area contributed by atoms with Crippen molar-refractivity contribution < 1.29 is 19.1 Å². The Labute approximate surface area is 212 Å². The minimum atomic E-state index is -0.525. The molecule has 0 bridgehead atoms. The summed E-state index contributed by atoms with van der Waals surface area (Å²) in [5.41, 5.74) is 1.71. The van der Waals surface area contributed by atoms with Gasteiger partial charge in [0.25, 0.3) is 11.8 Å². The Hall–Kier alpha value is -3.99. The van der Waals surface area contributed by atoms with E-state index < -0.39 is 11.8 Å². The molecule has 0 atom stereocenters. The number of nitrogens with zero attached hydrogens (tertiary/aromatic N) is 1. The molecule has 0 radical (unpaired) electrons. The van der Waals surface area contributed by atoms with Crippen LogP contribution in [0.2, 0.25) is 10.0 Å². The number of benzene rings is 3. The summed E-state index contributed by atoms with van der Waals surface area (Å²) < 4.78 is 10.9. The summed E-state index contributed by atoms with van der Waals surface area (Å²) in [7, 11) is 1.41. The van der Waals surface area contributed by atoms with Crippen molar-refractivity contribution >= 4 is 46.8 Å². The standard InChI is InChI=1S/C26H21Cl2N3O4/c1-34-23-13-18(11-19(14-29)26(33)30-15-17-7-3-2-4-8-17)12-21(28)25(23)35-16-24(32)31-22-10-6-5-9-20(22)27/h2-13H,15-16H2,1H3,(H,30,33)(H,31,32)/b19-11+. The Balaban J connectivity index is 1.70. The maximum atomic E-state index is 12.5. The number of amides is 2. The number of carbonyl (C=O) groups excluding carboxylic acids is 2. The van der Waals surface area contributed by atoms with Crippen molar-refractivity contribution in [2.75, 3.05) is 19.0 Å². The molecule has 0 aromatic heterocycles. The molecule has 7 nitrogen and oxygen atoms in total. The summed E-state index contributed by atoms with van der Waals surface area (Å²) in [4.78, 5) is 24.7. The van der Waals surface area contributed by atoms with Gasteiger partial charge in [-0.15, -0.1) is 0 Å². The molecule has 0 unspecified atom stereocenters. The molecule has 0 saturated carbocycles. The Morgan fingerprint density at radius 1 is 1.03 bits per heavy atom. The van der Waals surface area contributed by atoms with E-state index >= 15 is 0 Å². The minimum Gasteiger partial charge on any atom is -0.493 e. The zero-order chi connectivity index (χ0) is 25.2. The molecule has 0 spiro atoms. The first-order chi connectivity index (χ1) is 16.9. The number of hydrogen-bond acceptors (Lipinski definition) is 5. The summed E-state index contributed by atoms with van der Waals surface area (Å²) in [6.07, 6.45) is 1.39. The van der Waals surface area contributed by atoms with Crippen LogP contribution in [0, 0.1) is 11.3 Å². The van der Waals surface area contributed by atoms with E-state index in [1.54, 1.807) is 30.3 Å². The second-order valence-electron chi connectivity index (χ2n) is 7.19. The van der Waals surface area contributed by atoms with E-state index in [0.717, 1.165) is 5.56 Å². The van der Waals surface area contributed by atoms with Crippen LogP contribution >= 0.6 is 23.2 Å². The van der Waals surface area contributed by atoms with Gasteiger partial charge in [-0.05, 0) is 41.5 Å². The summed E-state index contributed by atoms with van der Waals surface area (Å²) in [6, 6.07) is 21.1. The average Bonchev–Trinajstić information content (AvgIpc) is 2.86. The molecule has 3 rings (SSSR count). The first-order valence-electron chi connectivity index (χ1n) is 10.4. The van der Waals surface area contributed by atoms with E-state index in [4.69, 9.17) is 32.7 Å². The topological polar surface area (TPSA) is 100 Å². The van der Waals surface area contributed by atoms with Gasteiger partial charge in [-0.2, -0.15) is 5.26 Å². The highest BCUT2D eigenvalue weighted by molar-refractivity contribution is 6.33. The molecule has 3 aromatic rings. The van der Waals surface area contributed by atoms with Crippen molar-refractivity contribution in [3.63, 3.8) is 0 Å². The van der Waals surface area contributed by atoms with Crippen LogP contribution < -0.4 is 20.1 Å². The molecular weight excluding hydrogens is 489 g/mol. The summed E-state index contributed by atoms with van der Waals surface area (Å²) in [5, 5.41) is 15.4. The van der Waals surface area contributed by atoms with Crippen LogP contribution in [-0.2, 0) is 16.1 Å². The molecule has 0 saturated heterocycles. The van der Waals surface area contributed by atoms with Gasteiger partial charge in [0.15, 0.2) is 18.1 Å². The Morgan fingerprint density at radius 3 is 2.43 bits per heavy atom. The van der Waals surface area contributed by atoms with Gasteiger partial charge in [-0.3, -0.25) is 9.59 Å². The number of hydrogen-bond donors (Lipinski definition) is 2. The van der Waals surface area contributed by atoms with Crippen molar-refractivity contribution in [3.8, 4) is 17.6 Å². The lowest BCUT2D eigenvalue weighted by molar-refractivity contribution is -0.118. The van der Waals surface area contributed by atoms with Crippen molar-refractivity contribution in [2.45, 2.75) is 6.54 Å². The van der Waals surface area contributed by atoms with Crippen LogP contribution in [0.1, 0.15) is 11.1 Å². The summed E-state index contributed by atoms with van der Waals surface area (Å²) >= 11 is 12.4. The van der Waals surface area contributed by atoms with E-state index in [2.05, 4.69) is 10.6 Å². The third kappa shape index (κ3) is 7.24. The largest absolute Gasteiger partial charge is 0.493 e. The maximum absolute atomic E-state index is 12.5. The van der Waals surface area contributed by atoms with E-state index in [0.29, 0.717) is 16.3 Å². The van der Waals surface area contributed by atoms with Crippen molar-refractivity contribution in [3.05, 3.63) is 93.5 Å². The lowest BCUT2D eigenvalue weighted by Gasteiger charge is -2.14. The molecule has 0 aliphatic carbocycles. The van der Waals surface area contributed by atoms with Crippen LogP contribution in [0.3, 0.4) is 0 Å². The van der Waals surface area contributed by atoms with Gasteiger partial charge in [-0.25, -0.2) is 0 Å². The number of carbonyl (C=O) groups is 2. The highest BCUT2D eigenvalue weighted by atomic mass is 35.5. The average molecular weight is 510 g/mol. The van der Waals surface area contributed by atoms with Gasteiger partial charge in [0, 0.05) is 6.54 Å². The lowest BCUT2D eigenvalue weighted by Crippen LogP contribution is -2.23. The fraction of sp³-hybridized carbons (Fsp3) is 0.115.